The van der Waals surface area contributed by atoms with E-state index in [4.69, 9.17) is 4.74 Å². The van der Waals surface area contributed by atoms with E-state index >= 15 is 0 Å². The fourth-order valence-electron chi connectivity index (χ4n) is 2.03. The molecule has 1 rings (SSSR count). The van der Waals surface area contributed by atoms with Crippen LogP contribution in [0.1, 0.15) is 50.3 Å². The molecule has 0 saturated heterocycles. The van der Waals surface area contributed by atoms with Gasteiger partial charge < -0.3 is 10.1 Å². The summed E-state index contributed by atoms with van der Waals surface area (Å²) in [7, 11) is 0. The minimum Gasteiger partial charge on any atom is -0.466 e. The van der Waals surface area contributed by atoms with E-state index in [0.717, 1.165) is 5.56 Å². The van der Waals surface area contributed by atoms with Gasteiger partial charge >= 0.3 is 5.97 Å². The van der Waals surface area contributed by atoms with Crippen LogP contribution in [0.5, 0.6) is 0 Å². The number of nitrogens with one attached hydrogen (secondary N) is 1. The largest absolute Gasteiger partial charge is 0.466 e. The second-order valence-corrected chi connectivity index (χ2v) is 5.11. The van der Waals surface area contributed by atoms with Gasteiger partial charge in [0.1, 0.15) is 12.5 Å². The highest BCUT2D eigenvalue weighted by atomic mass is 16.5. The molecule has 1 unspecified atom stereocenters. The third-order valence-corrected chi connectivity index (χ3v) is 3.14. The Morgan fingerprint density at radius 2 is 1.77 bits per heavy atom. The zero-order valence-electron chi connectivity index (χ0n) is 13.3. The van der Waals surface area contributed by atoms with Gasteiger partial charge in [-0.25, -0.2) is 0 Å². The van der Waals surface area contributed by atoms with Gasteiger partial charge in [-0.1, -0.05) is 36.8 Å². The third kappa shape index (κ3) is 5.68. The number of amides is 1. The Hall–Kier alpha value is -2.17. The van der Waals surface area contributed by atoms with Gasteiger partial charge in [0.15, 0.2) is 5.78 Å². The number of aryl methyl sites for hydroxylation is 1. The molecule has 0 fully saturated rings. The normalized spacial score (nSPS) is 11.6. The molecule has 5 nitrogen and oxygen atoms in total. The summed E-state index contributed by atoms with van der Waals surface area (Å²) >= 11 is 0. The molecule has 0 aliphatic rings. The first-order valence-electron chi connectivity index (χ1n) is 7.52. The molecule has 0 aliphatic heterocycles. The van der Waals surface area contributed by atoms with Crippen molar-refractivity contribution in [3.63, 3.8) is 0 Å². The van der Waals surface area contributed by atoms with Crippen LogP contribution in [0.15, 0.2) is 24.3 Å². The fourth-order valence-corrected chi connectivity index (χ4v) is 2.03. The van der Waals surface area contributed by atoms with E-state index in [9.17, 15) is 14.4 Å². The molecule has 120 valence electrons. The number of hydrogen-bond acceptors (Lipinski definition) is 4. The summed E-state index contributed by atoms with van der Waals surface area (Å²) in [6.07, 6.45) is 0.687. The second kappa shape index (κ2) is 8.97. The number of Topliss-reactive ketones (excluding diaryl/α,β-unsaturated/α-hetero) is 1. The maximum atomic E-state index is 12.3. The van der Waals surface area contributed by atoms with Crippen LogP contribution in [-0.4, -0.2) is 24.3 Å². The average molecular weight is 305 g/mol. The van der Waals surface area contributed by atoms with Crippen molar-refractivity contribution < 1.29 is 19.1 Å². The molecule has 1 aromatic carbocycles. The minimum atomic E-state index is -0.816. The molecule has 0 radical (unpaired) electrons. The van der Waals surface area contributed by atoms with Crippen molar-refractivity contribution in [1.82, 2.24) is 5.32 Å². The first kappa shape index (κ1) is 17.9. The van der Waals surface area contributed by atoms with Crippen LogP contribution in [0.2, 0.25) is 0 Å². The quantitative estimate of drug-likeness (QED) is 0.591. The maximum absolute atomic E-state index is 12.3. The summed E-state index contributed by atoms with van der Waals surface area (Å²) in [5.74, 6) is -1.15. The molecule has 0 saturated carbocycles. The molecule has 1 N–H and O–H groups in total. The Morgan fingerprint density at radius 1 is 1.14 bits per heavy atom. The molecule has 0 aliphatic carbocycles. The van der Waals surface area contributed by atoms with Crippen molar-refractivity contribution in [3.05, 3.63) is 35.4 Å². The number of carbonyl (C=O) groups excluding carboxylic acids is 3. The number of rotatable bonds is 8. The Bertz CT molecular complexity index is 522. The van der Waals surface area contributed by atoms with Crippen molar-refractivity contribution >= 4 is 17.7 Å². The summed E-state index contributed by atoms with van der Waals surface area (Å²) in [5, 5.41) is 2.70. The fraction of sp³-hybridized carbons (Fsp3) is 0.471. The Morgan fingerprint density at radius 3 is 2.32 bits per heavy atom. The van der Waals surface area contributed by atoms with E-state index in [1.54, 1.807) is 19.1 Å². The molecule has 5 heteroatoms. The maximum Gasteiger partial charge on any atom is 0.313 e. The van der Waals surface area contributed by atoms with Crippen LogP contribution >= 0.6 is 0 Å². The van der Waals surface area contributed by atoms with Gasteiger partial charge in [-0.3, -0.25) is 14.4 Å². The van der Waals surface area contributed by atoms with Gasteiger partial charge in [-0.15, -0.1) is 0 Å². The summed E-state index contributed by atoms with van der Waals surface area (Å²) in [6.45, 7) is 5.74. The van der Waals surface area contributed by atoms with E-state index in [1.165, 1.54) is 0 Å². The van der Waals surface area contributed by atoms with Crippen molar-refractivity contribution in [2.75, 3.05) is 6.61 Å². The lowest BCUT2D eigenvalue weighted by Gasteiger charge is -2.18. The van der Waals surface area contributed by atoms with Crippen molar-refractivity contribution in [2.24, 2.45) is 0 Å². The second-order valence-electron chi connectivity index (χ2n) is 5.11. The Kier molecular flexibility index (Phi) is 7.29. The summed E-state index contributed by atoms with van der Waals surface area (Å²) in [4.78, 5) is 35.7. The predicted molar refractivity (Wildman–Crippen MR) is 83.2 cm³/mol. The summed E-state index contributed by atoms with van der Waals surface area (Å²) in [5.41, 5.74) is 1.73. The molecule has 1 amide bonds. The lowest BCUT2D eigenvalue weighted by molar-refractivity contribution is -0.146. The van der Waals surface area contributed by atoms with Gasteiger partial charge in [0.25, 0.3) is 0 Å². The molecular weight excluding hydrogens is 282 g/mol. The van der Waals surface area contributed by atoms with Crippen LogP contribution in [0, 0.1) is 6.92 Å². The third-order valence-electron chi connectivity index (χ3n) is 3.14. The number of carbonyl (C=O) groups is 3. The van der Waals surface area contributed by atoms with Gasteiger partial charge in [0, 0.05) is 6.42 Å². The predicted octanol–water partition coefficient (Wildman–Crippen LogP) is 2.47. The minimum absolute atomic E-state index is 0.203. The molecular formula is C17H23NO4. The number of ketones is 1. The van der Waals surface area contributed by atoms with Crippen molar-refractivity contribution in [3.8, 4) is 0 Å². The van der Waals surface area contributed by atoms with Crippen LogP contribution in [0.25, 0.3) is 0 Å². The zero-order valence-corrected chi connectivity index (χ0v) is 13.3. The van der Waals surface area contributed by atoms with Crippen molar-refractivity contribution in [2.45, 2.75) is 46.1 Å². The van der Waals surface area contributed by atoms with E-state index in [1.807, 2.05) is 26.0 Å². The topological polar surface area (TPSA) is 72.5 Å². The standard InChI is InChI=1S/C17H23NO4/c1-4-6-15(20)18-17(13-9-7-12(3)8-10-13)14(19)11-16(21)22-5-2/h7-10,17H,4-6,11H2,1-3H3,(H,18,20). The molecule has 0 spiro atoms. The molecule has 1 atom stereocenters. The molecule has 0 aromatic heterocycles. The lowest BCUT2D eigenvalue weighted by atomic mass is 9.99. The van der Waals surface area contributed by atoms with Gasteiger partial charge in [0.2, 0.25) is 5.91 Å². The van der Waals surface area contributed by atoms with Crippen LogP contribution in [0.4, 0.5) is 0 Å². The highest BCUT2D eigenvalue weighted by Crippen LogP contribution is 2.17. The zero-order chi connectivity index (χ0) is 16.5. The first-order chi connectivity index (χ1) is 10.5. The van der Waals surface area contributed by atoms with Crippen LogP contribution < -0.4 is 5.32 Å². The van der Waals surface area contributed by atoms with Crippen LogP contribution in [-0.2, 0) is 19.1 Å². The van der Waals surface area contributed by atoms with E-state index in [0.29, 0.717) is 18.4 Å². The molecule has 0 bridgehead atoms. The number of benzene rings is 1. The molecule has 22 heavy (non-hydrogen) atoms. The first-order valence-corrected chi connectivity index (χ1v) is 7.52. The molecule has 1 aromatic rings. The highest BCUT2D eigenvalue weighted by molar-refractivity contribution is 6.00. The summed E-state index contributed by atoms with van der Waals surface area (Å²) < 4.78 is 4.80. The SMILES string of the molecule is CCCC(=O)NC(C(=O)CC(=O)OCC)c1ccc(C)cc1. The highest BCUT2D eigenvalue weighted by Gasteiger charge is 2.24. The van der Waals surface area contributed by atoms with E-state index in [-0.39, 0.29) is 24.7 Å². The number of ether oxygens (including phenoxy) is 1. The number of hydrogen-bond donors (Lipinski definition) is 1. The Balaban J connectivity index is 2.90. The number of esters is 1. The lowest BCUT2D eigenvalue weighted by Crippen LogP contribution is -2.34. The average Bonchev–Trinajstić information content (AvgIpc) is 2.46. The van der Waals surface area contributed by atoms with Crippen LogP contribution in [0.3, 0.4) is 0 Å². The van der Waals surface area contributed by atoms with E-state index in [2.05, 4.69) is 5.32 Å². The Labute approximate surface area is 131 Å². The van der Waals surface area contributed by atoms with Gasteiger partial charge in [-0.2, -0.15) is 0 Å². The van der Waals surface area contributed by atoms with Gasteiger partial charge in [0.05, 0.1) is 6.61 Å². The smallest absolute Gasteiger partial charge is 0.313 e. The van der Waals surface area contributed by atoms with E-state index < -0.39 is 12.0 Å². The molecule has 0 heterocycles. The monoisotopic (exact) mass is 305 g/mol. The van der Waals surface area contributed by atoms with Crippen molar-refractivity contribution in [1.29, 1.82) is 0 Å². The van der Waals surface area contributed by atoms with Gasteiger partial charge in [-0.05, 0) is 25.8 Å². The summed E-state index contributed by atoms with van der Waals surface area (Å²) in [6, 6.07) is 6.49.